The van der Waals surface area contributed by atoms with Crippen molar-refractivity contribution in [2.24, 2.45) is 0 Å². The lowest BCUT2D eigenvalue weighted by atomic mass is 9.80. The predicted octanol–water partition coefficient (Wildman–Crippen LogP) is 3.75. The topological polar surface area (TPSA) is 80.7 Å². The van der Waals surface area contributed by atoms with Crippen LogP contribution in [0.5, 0.6) is 5.75 Å². The molecule has 0 radical (unpaired) electrons. The van der Waals surface area contributed by atoms with Crippen molar-refractivity contribution in [3.05, 3.63) is 51.6 Å². The molecule has 0 bridgehead atoms. The number of phenols is 1. The van der Waals surface area contributed by atoms with Crippen molar-refractivity contribution in [3.63, 3.8) is 0 Å². The molecule has 2 aromatic carbocycles. The van der Waals surface area contributed by atoms with Gasteiger partial charge in [0, 0.05) is 21.9 Å². The Bertz CT molecular complexity index is 995. The zero-order valence-electron chi connectivity index (χ0n) is 14.5. The molecule has 0 atom stereocenters. The summed E-state index contributed by atoms with van der Waals surface area (Å²) in [5.74, 6) is -1.84. The number of allylic oxidation sites excluding steroid dienone is 2. The van der Waals surface area contributed by atoms with Gasteiger partial charge in [-0.25, -0.2) is 4.79 Å². The van der Waals surface area contributed by atoms with Gasteiger partial charge < -0.3 is 9.84 Å². The van der Waals surface area contributed by atoms with E-state index in [4.69, 9.17) is 4.74 Å². The molecule has 5 nitrogen and oxygen atoms in total. The number of aromatic hydroxyl groups is 1. The van der Waals surface area contributed by atoms with Crippen molar-refractivity contribution >= 4 is 28.3 Å². The van der Waals surface area contributed by atoms with Crippen LogP contribution in [0, 0.1) is 6.92 Å². The molecule has 0 aromatic heterocycles. The summed E-state index contributed by atoms with van der Waals surface area (Å²) < 4.78 is 5.13. The van der Waals surface area contributed by atoms with Gasteiger partial charge in [0.25, 0.3) is 0 Å². The number of fused-ring (bicyclic) bond motifs is 2. The van der Waals surface area contributed by atoms with Crippen LogP contribution in [-0.2, 0) is 4.74 Å². The Labute approximate surface area is 144 Å². The number of rotatable bonds is 2. The number of carbonyl (C=O) groups is 3. The molecular formula is C20H18O5. The fourth-order valence-electron chi connectivity index (χ4n) is 3.16. The van der Waals surface area contributed by atoms with Gasteiger partial charge in [-0.1, -0.05) is 23.8 Å². The molecule has 128 valence electrons. The van der Waals surface area contributed by atoms with Crippen molar-refractivity contribution in [1.82, 2.24) is 0 Å². The molecule has 0 aliphatic heterocycles. The number of Topliss-reactive ketones (excluding diaryl/α,β-unsaturated/α-hetero) is 2. The number of benzene rings is 2. The van der Waals surface area contributed by atoms with Crippen LogP contribution in [0.3, 0.4) is 0 Å². The summed E-state index contributed by atoms with van der Waals surface area (Å²) in [6, 6.07) is 5.12. The molecule has 1 aliphatic rings. The molecule has 25 heavy (non-hydrogen) atoms. The van der Waals surface area contributed by atoms with Crippen LogP contribution >= 0.6 is 0 Å². The Balaban J connectivity index is 2.54. The van der Waals surface area contributed by atoms with Gasteiger partial charge in [0.2, 0.25) is 0 Å². The van der Waals surface area contributed by atoms with E-state index in [9.17, 15) is 19.5 Å². The zero-order chi connectivity index (χ0) is 18.5. The van der Waals surface area contributed by atoms with E-state index in [1.54, 1.807) is 39.0 Å². The Morgan fingerprint density at radius 1 is 1.00 bits per heavy atom. The molecule has 5 heteroatoms. The van der Waals surface area contributed by atoms with Crippen LogP contribution < -0.4 is 0 Å². The number of esters is 1. The minimum atomic E-state index is -0.678. The number of hydrogen-bond acceptors (Lipinski definition) is 5. The largest absolute Gasteiger partial charge is 0.507 e. The fraction of sp³-hybridized carbons (Fsp3) is 0.250. The third kappa shape index (κ3) is 2.35. The highest BCUT2D eigenvalue weighted by atomic mass is 16.5. The Morgan fingerprint density at radius 3 is 2.20 bits per heavy atom. The van der Waals surface area contributed by atoms with Gasteiger partial charge in [-0.05, 0) is 27.7 Å². The van der Waals surface area contributed by atoms with Crippen LogP contribution in [0.2, 0.25) is 0 Å². The van der Waals surface area contributed by atoms with Gasteiger partial charge in [0.1, 0.15) is 5.75 Å². The maximum atomic E-state index is 12.9. The van der Waals surface area contributed by atoms with Crippen molar-refractivity contribution in [3.8, 4) is 5.75 Å². The van der Waals surface area contributed by atoms with Gasteiger partial charge in [-0.2, -0.15) is 0 Å². The molecule has 0 spiro atoms. The van der Waals surface area contributed by atoms with Crippen LogP contribution in [0.15, 0.2) is 29.3 Å². The number of hydrogen-bond donors (Lipinski definition) is 1. The molecule has 0 fully saturated rings. The summed E-state index contributed by atoms with van der Waals surface area (Å²) in [6.45, 7) is 6.73. The van der Waals surface area contributed by atoms with Gasteiger partial charge in [-0.15, -0.1) is 0 Å². The quantitative estimate of drug-likeness (QED) is 0.844. The molecule has 2 aromatic rings. The summed E-state index contributed by atoms with van der Waals surface area (Å²) in [4.78, 5) is 38.2. The van der Waals surface area contributed by atoms with E-state index < -0.39 is 17.5 Å². The van der Waals surface area contributed by atoms with Crippen molar-refractivity contribution < 1.29 is 24.2 Å². The van der Waals surface area contributed by atoms with E-state index in [0.29, 0.717) is 10.8 Å². The highest BCUT2D eigenvalue weighted by Crippen LogP contribution is 2.41. The van der Waals surface area contributed by atoms with Gasteiger partial charge in [0.05, 0.1) is 23.3 Å². The Morgan fingerprint density at radius 2 is 1.60 bits per heavy atom. The standard InChI is InChI=1S/C20H18O5/c1-5-25-20(24)14-13-8-9(2)6-7-12(13)19(23)16-15(14)17(21)10(3)11(4)18(16)22/h6-8,23H,5H2,1-4H3. The van der Waals surface area contributed by atoms with Crippen LogP contribution in [-0.4, -0.2) is 29.2 Å². The first-order chi connectivity index (χ1) is 11.8. The second kappa shape index (κ2) is 5.84. The Hall–Kier alpha value is -2.95. The average molecular weight is 338 g/mol. The van der Waals surface area contributed by atoms with Crippen molar-refractivity contribution in [2.75, 3.05) is 6.61 Å². The van der Waals surface area contributed by atoms with Crippen LogP contribution in [0.4, 0.5) is 0 Å². The number of aryl methyl sites for hydroxylation is 1. The number of ketones is 2. The molecule has 1 aliphatic carbocycles. The summed E-state index contributed by atoms with van der Waals surface area (Å²) in [5.41, 5.74) is 1.26. The van der Waals surface area contributed by atoms with Crippen LogP contribution in [0.1, 0.15) is 57.4 Å². The average Bonchev–Trinajstić information content (AvgIpc) is 2.57. The van der Waals surface area contributed by atoms with Crippen LogP contribution in [0.25, 0.3) is 10.8 Å². The SMILES string of the molecule is CCOC(=O)c1c2c(c(O)c3ccc(C)cc13)C(=O)C(C)=C(C)C2=O. The first kappa shape index (κ1) is 16.9. The molecule has 1 N–H and O–H groups in total. The lowest BCUT2D eigenvalue weighted by Crippen LogP contribution is -2.24. The Kier molecular flexibility index (Phi) is 3.95. The van der Waals surface area contributed by atoms with E-state index in [0.717, 1.165) is 5.56 Å². The summed E-state index contributed by atoms with van der Waals surface area (Å²) in [6.07, 6.45) is 0. The van der Waals surface area contributed by atoms with Crippen molar-refractivity contribution in [1.29, 1.82) is 0 Å². The molecular weight excluding hydrogens is 320 g/mol. The summed E-state index contributed by atoms with van der Waals surface area (Å²) in [5, 5.41) is 11.4. The van der Waals surface area contributed by atoms with E-state index >= 15 is 0 Å². The second-order valence-corrected chi connectivity index (χ2v) is 6.15. The number of carbonyl (C=O) groups excluding carboxylic acids is 3. The van der Waals surface area contributed by atoms with Gasteiger partial charge in [0.15, 0.2) is 11.6 Å². The van der Waals surface area contributed by atoms with E-state index in [1.807, 2.05) is 6.92 Å². The lowest BCUT2D eigenvalue weighted by molar-refractivity contribution is 0.0526. The first-order valence-corrected chi connectivity index (χ1v) is 8.02. The number of phenolic OH excluding ortho intramolecular Hbond substituents is 1. The maximum absolute atomic E-state index is 12.9. The molecule has 0 unspecified atom stereocenters. The van der Waals surface area contributed by atoms with E-state index in [-0.39, 0.29) is 40.2 Å². The summed E-state index contributed by atoms with van der Waals surface area (Å²) >= 11 is 0. The monoisotopic (exact) mass is 338 g/mol. The fourth-order valence-corrected chi connectivity index (χ4v) is 3.16. The maximum Gasteiger partial charge on any atom is 0.339 e. The van der Waals surface area contributed by atoms with E-state index in [2.05, 4.69) is 0 Å². The highest BCUT2D eigenvalue weighted by molar-refractivity contribution is 6.33. The number of ether oxygens (including phenoxy) is 1. The van der Waals surface area contributed by atoms with Gasteiger partial charge >= 0.3 is 5.97 Å². The molecule has 0 heterocycles. The lowest BCUT2D eigenvalue weighted by Gasteiger charge is -2.22. The third-order valence-corrected chi connectivity index (χ3v) is 4.61. The minimum absolute atomic E-state index is 0.0403. The molecule has 0 saturated heterocycles. The van der Waals surface area contributed by atoms with Gasteiger partial charge in [-0.3, -0.25) is 9.59 Å². The van der Waals surface area contributed by atoms with E-state index in [1.165, 1.54) is 0 Å². The first-order valence-electron chi connectivity index (χ1n) is 8.02. The molecule has 0 saturated carbocycles. The normalized spacial score (nSPS) is 14.1. The summed E-state index contributed by atoms with van der Waals surface area (Å²) in [7, 11) is 0. The molecule has 0 amide bonds. The molecule has 3 rings (SSSR count). The smallest absolute Gasteiger partial charge is 0.339 e. The third-order valence-electron chi connectivity index (χ3n) is 4.61. The van der Waals surface area contributed by atoms with Crippen molar-refractivity contribution in [2.45, 2.75) is 27.7 Å². The predicted molar refractivity (Wildman–Crippen MR) is 93.3 cm³/mol. The zero-order valence-corrected chi connectivity index (χ0v) is 14.5. The second-order valence-electron chi connectivity index (χ2n) is 6.15. The highest BCUT2D eigenvalue weighted by Gasteiger charge is 2.36. The minimum Gasteiger partial charge on any atom is -0.507 e.